The van der Waals surface area contributed by atoms with Crippen LogP contribution in [-0.4, -0.2) is 42.7 Å². The van der Waals surface area contributed by atoms with Crippen LogP contribution in [0.5, 0.6) is 0 Å². The van der Waals surface area contributed by atoms with Crippen LogP contribution in [0.2, 0.25) is 0 Å². The highest BCUT2D eigenvalue weighted by atomic mass is 32.2. The summed E-state index contributed by atoms with van der Waals surface area (Å²) in [6.45, 7) is 4.32. The van der Waals surface area contributed by atoms with Gasteiger partial charge in [0.05, 0.1) is 4.90 Å². The summed E-state index contributed by atoms with van der Waals surface area (Å²) in [5, 5.41) is 11.4. The predicted octanol–water partition coefficient (Wildman–Crippen LogP) is 3.09. The van der Waals surface area contributed by atoms with Crippen molar-refractivity contribution in [2.24, 2.45) is 0 Å². The highest BCUT2D eigenvalue weighted by Gasteiger charge is 2.34. The Morgan fingerprint density at radius 3 is 2.34 bits per heavy atom. The molecule has 0 aliphatic carbocycles. The second-order valence-corrected chi connectivity index (χ2v) is 10.8. The second kappa shape index (κ2) is 8.79. The topological polar surface area (TPSA) is 109 Å². The Morgan fingerprint density at radius 1 is 1.06 bits per heavy atom. The van der Waals surface area contributed by atoms with Gasteiger partial charge in [0.25, 0.3) is 0 Å². The number of anilines is 2. The molecular weight excluding hydrogens is 448 g/mol. The molecule has 0 saturated carbocycles. The molecule has 1 aromatic heterocycles. The molecule has 2 heterocycles. The molecule has 2 amide bonds. The Labute approximate surface area is 190 Å². The standard InChI is InChI=1S/C22H22N4O4S2/c1-14-3-7-17(8-4-14)26-12-16(11-20(26)28)21-24-25-22(31-21)23-19(27)13-32(29,30)18-9-5-15(2)6-10-18/h3-10,16H,11-13H2,1-2H3,(H,23,25,27). The number of carbonyl (C=O) groups excluding carboxylic acids is 2. The average molecular weight is 471 g/mol. The van der Waals surface area contributed by atoms with E-state index < -0.39 is 21.5 Å². The molecule has 10 heteroatoms. The normalized spacial score (nSPS) is 16.4. The van der Waals surface area contributed by atoms with Gasteiger partial charge in [0.2, 0.25) is 16.9 Å². The molecule has 1 fully saturated rings. The van der Waals surface area contributed by atoms with Crippen LogP contribution in [0.4, 0.5) is 10.8 Å². The van der Waals surface area contributed by atoms with Gasteiger partial charge in [-0.05, 0) is 38.1 Å². The number of aryl methyl sites for hydroxylation is 2. The number of aromatic nitrogens is 2. The minimum atomic E-state index is -3.76. The Morgan fingerprint density at radius 2 is 1.69 bits per heavy atom. The SMILES string of the molecule is Cc1ccc(N2CC(c3nnc(NC(=O)CS(=O)(=O)c4ccc(C)cc4)s3)CC2=O)cc1. The van der Waals surface area contributed by atoms with Crippen LogP contribution in [0.25, 0.3) is 0 Å². The van der Waals surface area contributed by atoms with Crippen LogP contribution in [0.15, 0.2) is 53.4 Å². The maximum absolute atomic E-state index is 12.5. The van der Waals surface area contributed by atoms with Gasteiger partial charge in [-0.15, -0.1) is 10.2 Å². The van der Waals surface area contributed by atoms with Gasteiger partial charge in [-0.3, -0.25) is 14.9 Å². The molecule has 32 heavy (non-hydrogen) atoms. The lowest BCUT2D eigenvalue weighted by atomic mass is 10.1. The number of carbonyl (C=O) groups is 2. The first-order valence-corrected chi connectivity index (χ1v) is 12.5. The van der Waals surface area contributed by atoms with Crippen molar-refractivity contribution in [3.63, 3.8) is 0 Å². The fourth-order valence-electron chi connectivity index (χ4n) is 3.45. The number of hydrogen-bond donors (Lipinski definition) is 1. The number of hydrogen-bond acceptors (Lipinski definition) is 7. The molecular formula is C22H22N4O4S2. The largest absolute Gasteiger partial charge is 0.312 e. The van der Waals surface area contributed by atoms with Crippen LogP contribution < -0.4 is 10.2 Å². The molecule has 1 saturated heterocycles. The lowest BCUT2D eigenvalue weighted by Crippen LogP contribution is -2.24. The number of nitrogens with zero attached hydrogens (tertiary/aromatic N) is 3. The van der Waals surface area contributed by atoms with Crippen LogP contribution in [-0.2, 0) is 19.4 Å². The Balaban J connectivity index is 1.39. The first kappa shape index (κ1) is 22.1. The van der Waals surface area contributed by atoms with Crippen LogP contribution in [0.1, 0.15) is 28.5 Å². The minimum absolute atomic E-state index is 0.00355. The summed E-state index contributed by atoms with van der Waals surface area (Å²) in [7, 11) is -3.76. The van der Waals surface area contributed by atoms with Gasteiger partial charge in [0, 0.05) is 24.6 Å². The van der Waals surface area contributed by atoms with Crippen molar-refractivity contribution in [2.75, 3.05) is 22.5 Å². The van der Waals surface area contributed by atoms with Gasteiger partial charge in [-0.2, -0.15) is 0 Å². The average Bonchev–Trinajstić information content (AvgIpc) is 3.35. The minimum Gasteiger partial charge on any atom is -0.312 e. The summed E-state index contributed by atoms with van der Waals surface area (Å²) in [6, 6.07) is 14.1. The van der Waals surface area contributed by atoms with E-state index in [1.807, 2.05) is 38.1 Å². The zero-order valence-electron chi connectivity index (χ0n) is 17.6. The van der Waals surface area contributed by atoms with Crippen molar-refractivity contribution in [3.8, 4) is 0 Å². The molecule has 0 spiro atoms. The molecule has 0 radical (unpaired) electrons. The molecule has 1 unspecified atom stereocenters. The highest BCUT2D eigenvalue weighted by Crippen LogP contribution is 2.34. The molecule has 4 rings (SSSR count). The second-order valence-electron chi connectivity index (χ2n) is 7.81. The Bertz CT molecular complexity index is 1250. The van der Waals surface area contributed by atoms with E-state index in [0.717, 1.165) is 28.2 Å². The molecule has 3 aromatic rings. The third kappa shape index (κ3) is 4.86. The van der Waals surface area contributed by atoms with Crippen molar-refractivity contribution >= 4 is 43.8 Å². The Hall–Kier alpha value is -3.11. The van der Waals surface area contributed by atoms with E-state index in [1.165, 1.54) is 12.1 Å². The zero-order chi connectivity index (χ0) is 22.9. The molecule has 1 aliphatic heterocycles. The van der Waals surface area contributed by atoms with Gasteiger partial charge in [-0.1, -0.05) is 46.7 Å². The first-order valence-electron chi connectivity index (χ1n) is 10.0. The first-order chi connectivity index (χ1) is 15.2. The zero-order valence-corrected chi connectivity index (χ0v) is 19.2. The number of benzene rings is 2. The maximum atomic E-state index is 12.5. The van der Waals surface area contributed by atoms with Crippen LogP contribution in [0.3, 0.4) is 0 Å². The van der Waals surface area contributed by atoms with Crippen molar-refractivity contribution in [1.82, 2.24) is 10.2 Å². The van der Waals surface area contributed by atoms with Gasteiger partial charge in [0.15, 0.2) is 9.84 Å². The van der Waals surface area contributed by atoms with E-state index in [9.17, 15) is 18.0 Å². The van der Waals surface area contributed by atoms with E-state index in [1.54, 1.807) is 17.0 Å². The monoisotopic (exact) mass is 470 g/mol. The van der Waals surface area contributed by atoms with Crippen molar-refractivity contribution < 1.29 is 18.0 Å². The van der Waals surface area contributed by atoms with Gasteiger partial charge in [0.1, 0.15) is 10.8 Å². The van der Waals surface area contributed by atoms with Gasteiger partial charge in [-0.25, -0.2) is 8.42 Å². The smallest absolute Gasteiger partial charge is 0.241 e. The van der Waals surface area contributed by atoms with Crippen molar-refractivity contribution in [1.29, 1.82) is 0 Å². The number of amides is 2. The highest BCUT2D eigenvalue weighted by molar-refractivity contribution is 7.92. The van der Waals surface area contributed by atoms with Gasteiger partial charge >= 0.3 is 0 Å². The number of nitrogens with one attached hydrogen (secondary N) is 1. The van der Waals surface area contributed by atoms with E-state index in [0.29, 0.717) is 18.0 Å². The maximum Gasteiger partial charge on any atom is 0.241 e. The summed E-state index contributed by atoms with van der Waals surface area (Å²) in [5.41, 5.74) is 2.88. The third-order valence-corrected chi connectivity index (χ3v) is 7.84. The predicted molar refractivity (Wildman–Crippen MR) is 123 cm³/mol. The lowest BCUT2D eigenvalue weighted by Gasteiger charge is -2.16. The quantitative estimate of drug-likeness (QED) is 0.593. The van der Waals surface area contributed by atoms with Crippen LogP contribution in [0, 0.1) is 13.8 Å². The molecule has 166 valence electrons. The fraction of sp³-hybridized carbons (Fsp3) is 0.273. The molecule has 1 aliphatic rings. The summed E-state index contributed by atoms with van der Waals surface area (Å²) >= 11 is 1.16. The summed E-state index contributed by atoms with van der Waals surface area (Å²) in [4.78, 5) is 26.6. The van der Waals surface area contributed by atoms with E-state index in [2.05, 4.69) is 15.5 Å². The van der Waals surface area contributed by atoms with E-state index in [-0.39, 0.29) is 21.9 Å². The summed E-state index contributed by atoms with van der Waals surface area (Å²) in [6.07, 6.45) is 0.304. The van der Waals surface area contributed by atoms with Crippen molar-refractivity contribution in [3.05, 3.63) is 64.7 Å². The molecule has 2 aromatic carbocycles. The lowest BCUT2D eigenvalue weighted by molar-refractivity contribution is -0.117. The number of sulfone groups is 1. The molecule has 1 atom stereocenters. The third-order valence-electron chi connectivity index (χ3n) is 5.21. The summed E-state index contributed by atoms with van der Waals surface area (Å²) in [5.74, 6) is -1.50. The van der Waals surface area contributed by atoms with E-state index in [4.69, 9.17) is 0 Å². The number of rotatable bonds is 6. The van der Waals surface area contributed by atoms with Gasteiger partial charge < -0.3 is 4.90 Å². The van der Waals surface area contributed by atoms with Crippen molar-refractivity contribution in [2.45, 2.75) is 31.1 Å². The fourth-order valence-corrected chi connectivity index (χ4v) is 5.44. The Kier molecular flexibility index (Phi) is 6.07. The molecule has 8 nitrogen and oxygen atoms in total. The molecule has 1 N–H and O–H groups in total. The van der Waals surface area contributed by atoms with Crippen LogP contribution >= 0.6 is 11.3 Å². The van der Waals surface area contributed by atoms with E-state index >= 15 is 0 Å². The summed E-state index contributed by atoms with van der Waals surface area (Å²) < 4.78 is 24.9. The molecule has 0 bridgehead atoms.